The molecule has 0 bridgehead atoms. The number of nitro benzene ring substituents is 1. The zero-order chi connectivity index (χ0) is 24.1. The van der Waals surface area contributed by atoms with E-state index in [0.29, 0.717) is 28.1 Å². The van der Waals surface area contributed by atoms with Crippen molar-refractivity contribution in [1.82, 2.24) is 9.78 Å². The molecule has 0 aliphatic carbocycles. The highest BCUT2D eigenvalue weighted by Crippen LogP contribution is 2.24. The number of nitro groups is 1. The van der Waals surface area contributed by atoms with Gasteiger partial charge in [0.15, 0.2) is 0 Å². The van der Waals surface area contributed by atoms with Gasteiger partial charge in [-0.2, -0.15) is 5.10 Å². The summed E-state index contributed by atoms with van der Waals surface area (Å²) in [5, 5.41) is 17.9. The fraction of sp³-hybridized carbons (Fsp3) is 0.120. The number of aromatic nitrogens is 2. The first kappa shape index (κ1) is 22.7. The number of hydrogen-bond donors (Lipinski definition) is 1. The fourth-order valence-electron chi connectivity index (χ4n) is 3.41. The van der Waals surface area contributed by atoms with Crippen LogP contribution in [-0.2, 0) is 13.2 Å². The number of hydrogen-bond acceptors (Lipinski definition) is 5. The van der Waals surface area contributed by atoms with E-state index in [9.17, 15) is 19.3 Å². The van der Waals surface area contributed by atoms with Crippen molar-refractivity contribution in [3.05, 3.63) is 117 Å². The molecular weight excluding hydrogens is 439 g/mol. The molecule has 0 radical (unpaired) electrons. The van der Waals surface area contributed by atoms with Crippen LogP contribution in [0.15, 0.2) is 79.1 Å². The van der Waals surface area contributed by atoms with E-state index >= 15 is 0 Å². The van der Waals surface area contributed by atoms with E-state index in [-0.39, 0.29) is 30.6 Å². The highest BCUT2D eigenvalue weighted by molar-refractivity contribution is 6.04. The predicted molar refractivity (Wildman–Crippen MR) is 124 cm³/mol. The van der Waals surface area contributed by atoms with E-state index in [2.05, 4.69) is 10.4 Å². The number of anilines is 1. The molecule has 0 atom stereocenters. The van der Waals surface area contributed by atoms with Crippen molar-refractivity contribution >= 4 is 17.3 Å². The normalized spacial score (nSPS) is 10.6. The molecule has 0 fully saturated rings. The summed E-state index contributed by atoms with van der Waals surface area (Å²) in [7, 11) is 0. The molecule has 0 saturated heterocycles. The van der Waals surface area contributed by atoms with Gasteiger partial charge in [0.25, 0.3) is 11.6 Å². The van der Waals surface area contributed by atoms with Gasteiger partial charge in [-0.3, -0.25) is 19.6 Å². The van der Waals surface area contributed by atoms with Crippen molar-refractivity contribution < 1.29 is 18.8 Å². The summed E-state index contributed by atoms with van der Waals surface area (Å²) in [5.74, 6) is -0.134. The van der Waals surface area contributed by atoms with Crippen LogP contribution < -0.4 is 10.1 Å². The molecule has 1 amide bonds. The molecule has 8 nitrogen and oxygen atoms in total. The molecule has 1 heterocycles. The Hall–Kier alpha value is -4.53. The Kier molecular flexibility index (Phi) is 6.63. The van der Waals surface area contributed by atoms with Crippen molar-refractivity contribution in [2.45, 2.75) is 20.1 Å². The molecule has 0 unspecified atom stereocenters. The van der Waals surface area contributed by atoms with Crippen molar-refractivity contribution in [1.29, 1.82) is 0 Å². The molecule has 3 aromatic carbocycles. The second kappa shape index (κ2) is 9.95. The third-order valence-electron chi connectivity index (χ3n) is 5.14. The molecule has 0 spiro atoms. The summed E-state index contributed by atoms with van der Waals surface area (Å²) < 4.78 is 21.1. The monoisotopic (exact) mass is 460 g/mol. The largest absolute Gasteiger partial charge is 0.489 e. The van der Waals surface area contributed by atoms with E-state index in [1.165, 1.54) is 18.3 Å². The molecule has 9 heteroatoms. The molecular formula is C25H21FN4O4. The second-order valence-corrected chi connectivity index (χ2v) is 7.67. The van der Waals surface area contributed by atoms with Gasteiger partial charge in [-0.1, -0.05) is 30.3 Å². The molecule has 0 saturated carbocycles. The summed E-state index contributed by atoms with van der Waals surface area (Å²) in [6.45, 7) is 2.09. The highest BCUT2D eigenvalue weighted by atomic mass is 19.1. The number of carbonyl (C=O) groups is 1. The van der Waals surface area contributed by atoms with E-state index in [0.717, 1.165) is 5.56 Å². The average molecular weight is 460 g/mol. The topological polar surface area (TPSA) is 99.3 Å². The third kappa shape index (κ3) is 5.44. The van der Waals surface area contributed by atoms with Crippen LogP contribution in [0.4, 0.5) is 15.8 Å². The molecule has 34 heavy (non-hydrogen) atoms. The van der Waals surface area contributed by atoms with Gasteiger partial charge in [0.2, 0.25) is 0 Å². The number of nitrogens with one attached hydrogen (secondary N) is 1. The number of ether oxygens (including phenoxy) is 1. The van der Waals surface area contributed by atoms with Gasteiger partial charge in [0.05, 0.1) is 23.4 Å². The van der Waals surface area contributed by atoms with Crippen molar-refractivity contribution in [3.8, 4) is 5.75 Å². The second-order valence-electron chi connectivity index (χ2n) is 7.67. The van der Waals surface area contributed by atoms with Crippen molar-refractivity contribution in [3.63, 3.8) is 0 Å². The maximum absolute atomic E-state index is 13.8. The predicted octanol–water partition coefficient (Wildman–Crippen LogP) is 5.12. The maximum atomic E-state index is 13.8. The lowest BCUT2D eigenvalue weighted by Crippen LogP contribution is -2.12. The van der Waals surface area contributed by atoms with E-state index < -0.39 is 4.92 Å². The Balaban J connectivity index is 1.37. The number of nitrogens with zero attached hydrogens (tertiary/aromatic N) is 3. The van der Waals surface area contributed by atoms with E-state index in [1.54, 1.807) is 66.3 Å². The van der Waals surface area contributed by atoms with Crippen LogP contribution in [0.1, 0.15) is 27.0 Å². The Bertz CT molecular complexity index is 1350. The number of rotatable bonds is 8. The Morgan fingerprint density at radius 1 is 1.15 bits per heavy atom. The van der Waals surface area contributed by atoms with Crippen LogP contribution in [0.5, 0.6) is 5.75 Å². The van der Waals surface area contributed by atoms with Crippen LogP contribution in [0, 0.1) is 22.9 Å². The van der Waals surface area contributed by atoms with Gasteiger partial charge in [0, 0.05) is 29.0 Å². The number of aryl methyl sites for hydroxylation is 1. The molecule has 172 valence electrons. The van der Waals surface area contributed by atoms with Crippen LogP contribution in [0.25, 0.3) is 0 Å². The van der Waals surface area contributed by atoms with Gasteiger partial charge in [0.1, 0.15) is 18.2 Å². The van der Waals surface area contributed by atoms with Crippen molar-refractivity contribution in [2.75, 3.05) is 5.32 Å². The first-order valence-electron chi connectivity index (χ1n) is 10.4. The van der Waals surface area contributed by atoms with Gasteiger partial charge < -0.3 is 10.1 Å². The number of amides is 1. The van der Waals surface area contributed by atoms with Gasteiger partial charge in [-0.05, 0) is 42.8 Å². The maximum Gasteiger partial charge on any atom is 0.272 e. The minimum atomic E-state index is -0.440. The van der Waals surface area contributed by atoms with Gasteiger partial charge in [-0.15, -0.1) is 0 Å². The third-order valence-corrected chi connectivity index (χ3v) is 5.14. The highest BCUT2D eigenvalue weighted by Gasteiger charge is 2.12. The lowest BCUT2D eigenvalue weighted by atomic mass is 10.1. The smallest absolute Gasteiger partial charge is 0.272 e. The van der Waals surface area contributed by atoms with Crippen LogP contribution >= 0.6 is 0 Å². The molecule has 0 aliphatic rings. The first-order chi connectivity index (χ1) is 16.4. The number of benzene rings is 3. The van der Waals surface area contributed by atoms with Gasteiger partial charge in [-0.25, -0.2) is 4.39 Å². The summed E-state index contributed by atoms with van der Waals surface area (Å²) >= 11 is 0. The lowest BCUT2D eigenvalue weighted by Gasteiger charge is -2.09. The molecule has 1 N–H and O–H groups in total. The standard InChI is InChI=1S/C25H21FN4O4/c1-17-11-22(9-10-24(17)30(32)33)34-16-18-5-4-7-19(12-18)25(31)28-21-13-27-29(15-21)14-20-6-2-3-8-23(20)26/h2-13,15H,14,16H2,1H3,(H,28,31). The van der Waals surface area contributed by atoms with Gasteiger partial charge >= 0.3 is 0 Å². The molecule has 4 aromatic rings. The lowest BCUT2D eigenvalue weighted by molar-refractivity contribution is -0.385. The average Bonchev–Trinajstić information content (AvgIpc) is 3.26. The summed E-state index contributed by atoms with van der Waals surface area (Å²) in [6, 6.07) is 18.0. The SMILES string of the molecule is Cc1cc(OCc2cccc(C(=O)Nc3cnn(Cc4ccccc4F)c3)c2)ccc1[N+](=O)[O-]. The number of carbonyl (C=O) groups excluding carboxylic acids is 1. The van der Waals surface area contributed by atoms with Crippen LogP contribution in [-0.4, -0.2) is 20.6 Å². The summed E-state index contributed by atoms with van der Waals surface area (Å²) in [6.07, 6.45) is 3.14. The minimum absolute atomic E-state index is 0.0308. The quantitative estimate of drug-likeness (QED) is 0.291. The zero-order valence-electron chi connectivity index (χ0n) is 18.3. The molecule has 0 aliphatic heterocycles. The van der Waals surface area contributed by atoms with Crippen LogP contribution in [0.3, 0.4) is 0 Å². The Morgan fingerprint density at radius 3 is 2.74 bits per heavy atom. The first-order valence-corrected chi connectivity index (χ1v) is 10.4. The summed E-state index contributed by atoms with van der Waals surface area (Å²) in [5.41, 5.74) is 2.72. The van der Waals surface area contributed by atoms with E-state index in [4.69, 9.17) is 4.74 Å². The Morgan fingerprint density at radius 2 is 1.97 bits per heavy atom. The number of halogens is 1. The van der Waals surface area contributed by atoms with Crippen molar-refractivity contribution in [2.24, 2.45) is 0 Å². The van der Waals surface area contributed by atoms with E-state index in [1.807, 2.05) is 6.07 Å². The Labute approximate surface area is 194 Å². The molecule has 1 aromatic heterocycles. The van der Waals surface area contributed by atoms with Crippen LogP contribution in [0.2, 0.25) is 0 Å². The summed E-state index contributed by atoms with van der Waals surface area (Å²) in [4.78, 5) is 23.2. The minimum Gasteiger partial charge on any atom is -0.489 e. The molecule has 4 rings (SSSR count). The fourth-order valence-corrected chi connectivity index (χ4v) is 3.41. The zero-order valence-corrected chi connectivity index (χ0v) is 18.3.